The van der Waals surface area contributed by atoms with Crippen molar-refractivity contribution in [3.63, 3.8) is 0 Å². The Labute approximate surface area is 98.6 Å². The van der Waals surface area contributed by atoms with Gasteiger partial charge in [-0.15, -0.1) is 0 Å². The van der Waals surface area contributed by atoms with Crippen molar-refractivity contribution in [2.75, 3.05) is 20.6 Å². The van der Waals surface area contributed by atoms with Gasteiger partial charge in [0.05, 0.1) is 0 Å². The van der Waals surface area contributed by atoms with E-state index in [4.69, 9.17) is 5.14 Å². The fourth-order valence-corrected chi connectivity index (χ4v) is 3.06. The summed E-state index contributed by atoms with van der Waals surface area (Å²) in [5.41, 5.74) is -0.0793. The largest absolute Gasteiger partial charge is 0.302 e. The van der Waals surface area contributed by atoms with Crippen LogP contribution in [0.5, 0.6) is 0 Å². The minimum atomic E-state index is -3.59. The van der Waals surface area contributed by atoms with Crippen LogP contribution in [0.2, 0.25) is 0 Å². The van der Waals surface area contributed by atoms with Gasteiger partial charge < -0.3 is 4.90 Å². The molecule has 1 fully saturated rings. The highest BCUT2D eigenvalue weighted by atomic mass is 32.2. The van der Waals surface area contributed by atoms with Gasteiger partial charge in [0, 0.05) is 12.1 Å². The number of hydrogen-bond acceptors (Lipinski definition) is 3. The first-order chi connectivity index (χ1) is 7.25. The van der Waals surface area contributed by atoms with Gasteiger partial charge >= 0.3 is 0 Å². The van der Waals surface area contributed by atoms with Crippen LogP contribution in [0.4, 0.5) is 0 Å². The van der Waals surface area contributed by atoms with E-state index in [1.54, 1.807) is 0 Å². The lowest BCUT2D eigenvalue weighted by Gasteiger charge is -2.45. The van der Waals surface area contributed by atoms with E-state index in [9.17, 15) is 8.42 Å². The second kappa shape index (κ2) is 5.00. The highest BCUT2D eigenvalue weighted by Gasteiger charge is 2.37. The number of rotatable bonds is 4. The monoisotopic (exact) mass is 249 g/mol. The predicted octanol–water partition coefficient (Wildman–Crippen LogP) is 0.290. The summed E-state index contributed by atoms with van der Waals surface area (Å²) in [4.78, 5) is 2.13. The molecular formula is C10H23N3O2S. The molecule has 1 aliphatic carbocycles. The molecule has 0 aliphatic heterocycles. The number of likely N-dealkylation sites (N-methyl/N-ethyl adjacent to an activating group) is 1. The van der Waals surface area contributed by atoms with Crippen molar-refractivity contribution in [2.45, 2.75) is 38.1 Å². The SMILES string of the molecule is CC1CCCC(CNS(N)(=O)=O)(N(C)C)C1. The van der Waals surface area contributed by atoms with Gasteiger partial charge in [-0.05, 0) is 32.9 Å². The van der Waals surface area contributed by atoms with E-state index >= 15 is 0 Å². The minimum absolute atomic E-state index is 0.0793. The Morgan fingerprint density at radius 3 is 2.56 bits per heavy atom. The minimum Gasteiger partial charge on any atom is -0.302 e. The lowest BCUT2D eigenvalue weighted by molar-refractivity contribution is 0.0805. The lowest BCUT2D eigenvalue weighted by Crippen LogP contribution is -2.55. The van der Waals surface area contributed by atoms with E-state index in [2.05, 4.69) is 16.5 Å². The molecule has 0 aromatic heterocycles. The van der Waals surface area contributed by atoms with Gasteiger partial charge in [-0.3, -0.25) is 0 Å². The molecule has 0 heterocycles. The number of nitrogens with zero attached hydrogens (tertiary/aromatic N) is 1. The van der Waals surface area contributed by atoms with Crippen molar-refractivity contribution >= 4 is 10.2 Å². The van der Waals surface area contributed by atoms with Crippen molar-refractivity contribution in [1.82, 2.24) is 9.62 Å². The van der Waals surface area contributed by atoms with Gasteiger partial charge in [-0.25, -0.2) is 9.86 Å². The average molecular weight is 249 g/mol. The third-order valence-electron chi connectivity index (χ3n) is 3.62. The highest BCUT2D eigenvalue weighted by Crippen LogP contribution is 2.35. The zero-order valence-corrected chi connectivity index (χ0v) is 11.2. The van der Waals surface area contributed by atoms with Crippen molar-refractivity contribution < 1.29 is 8.42 Å². The van der Waals surface area contributed by atoms with E-state index in [-0.39, 0.29) is 5.54 Å². The van der Waals surface area contributed by atoms with Gasteiger partial charge in [0.15, 0.2) is 0 Å². The molecule has 2 atom stereocenters. The molecule has 0 amide bonds. The summed E-state index contributed by atoms with van der Waals surface area (Å²) in [6.45, 7) is 2.62. The van der Waals surface area contributed by atoms with Gasteiger partial charge in [-0.1, -0.05) is 19.8 Å². The van der Waals surface area contributed by atoms with Gasteiger partial charge in [-0.2, -0.15) is 8.42 Å². The second-order valence-corrected chi connectivity index (χ2v) is 6.57. The zero-order valence-electron chi connectivity index (χ0n) is 10.4. The third-order valence-corrected chi connectivity index (χ3v) is 4.17. The van der Waals surface area contributed by atoms with Gasteiger partial charge in [0.2, 0.25) is 0 Å². The molecule has 0 radical (unpaired) electrons. The van der Waals surface area contributed by atoms with Crippen LogP contribution < -0.4 is 9.86 Å². The molecule has 1 aliphatic rings. The van der Waals surface area contributed by atoms with Crippen LogP contribution in [-0.2, 0) is 10.2 Å². The van der Waals surface area contributed by atoms with E-state index in [0.717, 1.165) is 19.3 Å². The van der Waals surface area contributed by atoms with E-state index in [0.29, 0.717) is 12.5 Å². The first kappa shape index (κ1) is 13.9. The predicted molar refractivity (Wildman–Crippen MR) is 65.2 cm³/mol. The first-order valence-corrected chi connectivity index (χ1v) is 7.25. The van der Waals surface area contributed by atoms with Crippen molar-refractivity contribution in [3.05, 3.63) is 0 Å². The molecule has 0 bridgehead atoms. The van der Waals surface area contributed by atoms with Crippen LogP contribution in [0.25, 0.3) is 0 Å². The zero-order chi connectivity index (χ0) is 12.4. The van der Waals surface area contributed by atoms with Crippen LogP contribution in [0.3, 0.4) is 0 Å². The smallest absolute Gasteiger partial charge is 0.274 e. The topological polar surface area (TPSA) is 75.4 Å². The van der Waals surface area contributed by atoms with Crippen molar-refractivity contribution in [2.24, 2.45) is 11.1 Å². The molecule has 1 rings (SSSR count). The Kier molecular flexibility index (Phi) is 4.34. The summed E-state index contributed by atoms with van der Waals surface area (Å²) >= 11 is 0. The Hall–Kier alpha value is -0.170. The molecule has 0 spiro atoms. The number of hydrogen-bond donors (Lipinski definition) is 2. The maximum atomic E-state index is 11.0. The molecular weight excluding hydrogens is 226 g/mol. The molecule has 1 saturated carbocycles. The summed E-state index contributed by atoms with van der Waals surface area (Å²) in [7, 11) is 0.416. The van der Waals surface area contributed by atoms with Crippen molar-refractivity contribution in [3.8, 4) is 0 Å². The molecule has 2 unspecified atom stereocenters. The molecule has 0 aromatic carbocycles. The third kappa shape index (κ3) is 3.69. The number of nitrogens with one attached hydrogen (secondary N) is 1. The fraction of sp³-hybridized carbons (Fsp3) is 1.00. The Morgan fingerprint density at radius 2 is 2.12 bits per heavy atom. The number of nitrogens with two attached hydrogens (primary N) is 1. The van der Waals surface area contributed by atoms with Gasteiger partial charge in [0.25, 0.3) is 10.2 Å². The fourth-order valence-electron chi connectivity index (χ4n) is 2.59. The highest BCUT2D eigenvalue weighted by molar-refractivity contribution is 7.87. The molecule has 0 aromatic rings. The maximum Gasteiger partial charge on any atom is 0.274 e. The van der Waals surface area contributed by atoms with Crippen LogP contribution in [-0.4, -0.2) is 39.5 Å². The summed E-state index contributed by atoms with van der Waals surface area (Å²) < 4.78 is 24.4. The summed E-state index contributed by atoms with van der Waals surface area (Å²) in [6, 6.07) is 0. The van der Waals surface area contributed by atoms with Crippen LogP contribution in [0.15, 0.2) is 0 Å². The van der Waals surface area contributed by atoms with E-state index in [1.807, 2.05) is 14.1 Å². The summed E-state index contributed by atoms with van der Waals surface area (Å²) in [5, 5.41) is 4.99. The van der Waals surface area contributed by atoms with Crippen LogP contribution in [0.1, 0.15) is 32.6 Å². The Balaban J connectivity index is 2.73. The van der Waals surface area contributed by atoms with Crippen molar-refractivity contribution in [1.29, 1.82) is 0 Å². The quantitative estimate of drug-likeness (QED) is 0.752. The summed E-state index contributed by atoms with van der Waals surface area (Å²) in [5.74, 6) is 0.637. The van der Waals surface area contributed by atoms with Gasteiger partial charge in [0.1, 0.15) is 0 Å². The molecule has 5 nitrogen and oxygen atoms in total. The Bertz CT molecular complexity index is 329. The standard InChI is InChI=1S/C10H23N3O2S/c1-9-5-4-6-10(7-9,13(2)3)8-12-16(11,14)15/h9,12H,4-8H2,1-3H3,(H2,11,14,15). The van der Waals surface area contributed by atoms with E-state index < -0.39 is 10.2 Å². The van der Waals surface area contributed by atoms with Crippen LogP contribution in [0, 0.1) is 5.92 Å². The Morgan fingerprint density at radius 1 is 1.50 bits per heavy atom. The summed E-state index contributed by atoms with van der Waals surface area (Å²) in [6.07, 6.45) is 4.41. The van der Waals surface area contributed by atoms with E-state index in [1.165, 1.54) is 6.42 Å². The van der Waals surface area contributed by atoms with Crippen LogP contribution >= 0.6 is 0 Å². The first-order valence-electron chi connectivity index (χ1n) is 5.70. The molecule has 16 heavy (non-hydrogen) atoms. The second-order valence-electron chi connectivity index (χ2n) is 5.19. The average Bonchev–Trinajstić information content (AvgIpc) is 2.13. The molecule has 96 valence electrons. The maximum absolute atomic E-state index is 11.0. The normalized spacial score (nSPS) is 31.9. The molecule has 3 N–H and O–H groups in total. The molecule has 6 heteroatoms. The lowest BCUT2D eigenvalue weighted by atomic mass is 9.75. The molecule has 0 saturated heterocycles.